The Morgan fingerprint density at radius 1 is 1.42 bits per heavy atom. The largest absolute Gasteiger partial charge is 0.465 e. The number of hydrogen-bond acceptors (Lipinski definition) is 2. The number of hydrogen-bond donors (Lipinski definition) is 0. The third kappa shape index (κ3) is 4.21. The van der Waals surface area contributed by atoms with E-state index >= 15 is 0 Å². The first-order valence-electron chi connectivity index (χ1n) is 5.85. The minimum atomic E-state index is -0.316. The quantitative estimate of drug-likeness (QED) is 0.596. The van der Waals surface area contributed by atoms with Crippen LogP contribution in [-0.2, 0) is 4.74 Å². The van der Waals surface area contributed by atoms with Crippen LogP contribution in [0.25, 0.3) is 5.57 Å². The van der Waals surface area contributed by atoms with Crippen LogP contribution in [0.3, 0.4) is 0 Å². The molecular weight excluding hydrogens is 304 g/mol. The highest BCUT2D eigenvalue weighted by Crippen LogP contribution is 2.23. The summed E-state index contributed by atoms with van der Waals surface area (Å²) in [6.45, 7) is 7.65. The van der Waals surface area contributed by atoms with Gasteiger partial charge < -0.3 is 4.74 Å². The van der Waals surface area contributed by atoms with E-state index < -0.39 is 0 Å². The van der Waals surface area contributed by atoms with E-state index in [9.17, 15) is 4.79 Å². The summed E-state index contributed by atoms with van der Waals surface area (Å²) < 4.78 is 5.66. The van der Waals surface area contributed by atoms with Gasteiger partial charge in [0.1, 0.15) is 0 Å². The van der Waals surface area contributed by atoms with E-state index in [0.717, 1.165) is 21.2 Å². The Labute approximate surface area is 122 Å². The van der Waals surface area contributed by atoms with E-state index in [1.165, 1.54) is 7.11 Å². The Bertz CT molecular complexity index is 554. The fourth-order valence-electron chi connectivity index (χ4n) is 1.80. The standard InChI is InChI=1S/C16H17BrO2/c1-5-6-14(17)10-12(3)15-8-7-13(9-11(15)2)16(18)19-4/h5-10H,1H2,2-4H3/b12-10+,14-6+. The summed E-state index contributed by atoms with van der Waals surface area (Å²) >= 11 is 3.45. The molecule has 0 heterocycles. The lowest BCUT2D eigenvalue weighted by Crippen LogP contribution is -2.02. The van der Waals surface area contributed by atoms with Gasteiger partial charge in [0, 0.05) is 4.48 Å². The number of allylic oxidation sites excluding steroid dienone is 5. The Morgan fingerprint density at radius 2 is 2.11 bits per heavy atom. The number of ether oxygens (including phenoxy) is 1. The lowest BCUT2D eigenvalue weighted by molar-refractivity contribution is 0.0600. The summed E-state index contributed by atoms with van der Waals surface area (Å²) in [6, 6.07) is 5.54. The minimum absolute atomic E-state index is 0.316. The van der Waals surface area contributed by atoms with Crippen LogP contribution in [0.2, 0.25) is 0 Å². The molecule has 0 spiro atoms. The van der Waals surface area contributed by atoms with Crippen molar-refractivity contribution >= 4 is 27.5 Å². The van der Waals surface area contributed by atoms with Crippen LogP contribution in [0.1, 0.15) is 28.4 Å². The first kappa shape index (κ1) is 15.4. The van der Waals surface area contributed by atoms with Gasteiger partial charge in [0.2, 0.25) is 0 Å². The van der Waals surface area contributed by atoms with Crippen LogP contribution < -0.4 is 0 Å². The van der Waals surface area contributed by atoms with E-state index in [0.29, 0.717) is 5.56 Å². The van der Waals surface area contributed by atoms with Crippen molar-refractivity contribution in [1.82, 2.24) is 0 Å². The van der Waals surface area contributed by atoms with Crippen molar-refractivity contribution in [2.24, 2.45) is 0 Å². The molecule has 0 saturated carbocycles. The molecule has 1 rings (SSSR count). The molecule has 0 aliphatic heterocycles. The van der Waals surface area contributed by atoms with E-state index in [2.05, 4.69) is 22.5 Å². The third-order valence-corrected chi connectivity index (χ3v) is 3.20. The number of aryl methyl sites for hydroxylation is 1. The third-order valence-electron chi connectivity index (χ3n) is 2.70. The second-order valence-electron chi connectivity index (χ2n) is 4.14. The van der Waals surface area contributed by atoms with E-state index in [4.69, 9.17) is 4.74 Å². The zero-order chi connectivity index (χ0) is 14.4. The van der Waals surface area contributed by atoms with Crippen LogP contribution in [-0.4, -0.2) is 13.1 Å². The van der Waals surface area contributed by atoms with Gasteiger partial charge in [-0.15, -0.1) is 0 Å². The van der Waals surface area contributed by atoms with Gasteiger partial charge in [-0.2, -0.15) is 0 Å². The summed E-state index contributed by atoms with van der Waals surface area (Å²) in [5.41, 5.74) is 3.81. The Kier molecular flexibility index (Phi) is 5.77. The van der Waals surface area contributed by atoms with Crippen molar-refractivity contribution in [3.63, 3.8) is 0 Å². The predicted molar refractivity (Wildman–Crippen MR) is 83.4 cm³/mol. The fraction of sp³-hybridized carbons (Fsp3) is 0.188. The lowest BCUT2D eigenvalue weighted by Gasteiger charge is -2.08. The van der Waals surface area contributed by atoms with Crippen LogP contribution in [0.15, 0.2) is 47.5 Å². The van der Waals surface area contributed by atoms with Crippen LogP contribution in [0.5, 0.6) is 0 Å². The molecule has 0 unspecified atom stereocenters. The SMILES string of the molecule is C=C/C=C(Br)\C=C(/C)c1ccc(C(=O)OC)cc1C. The van der Waals surface area contributed by atoms with Crippen molar-refractivity contribution in [1.29, 1.82) is 0 Å². The van der Waals surface area contributed by atoms with Crippen LogP contribution >= 0.6 is 15.9 Å². The highest BCUT2D eigenvalue weighted by atomic mass is 79.9. The smallest absolute Gasteiger partial charge is 0.337 e. The van der Waals surface area contributed by atoms with Gasteiger partial charge in [-0.05, 0) is 54.8 Å². The van der Waals surface area contributed by atoms with Crippen molar-refractivity contribution < 1.29 is 9.53 Å². The predicted octanol–water partition coefficient (Wildman–Crippen LogP) is 4.65. The maximum absolute atomic E-state index is 11.4. The number of rotatable bonds is 4. The van der Waals surface area contributed by atoms with E-state index in [1.54, 1.807) is 12.1 Å². The molecule has 0 radical (unpaired) electrons. The van der Waals surface area contributed by atoms with E-state index in [-0.39, 0.29) is 5.97 Å². The molecule has 0 fully saturated rings. The zero-order valence-electron chi connectivity index (χ0n) is 11.4. The molecule has 2 nitrogen and oxygen atoms in total. The number of benzene rings is 1. The topological polar surface area (TPSA) is 26.3 Å². The van der Waals surface area contributed by atoms with Crippen molar-refractivity contribution in [2.75, 3.05) is 7.11 Å². The Morgan fingerprint density at radius 3 is 2.63 bits per heavy atom. The molecule has 0 amide bonds. The molecule has 0 aliphatic rings. The molecule has 0 atom stereocenters. The minimum Gasteiger partial charge on any atom is -0.465 e. The Balaban J connectivity index is 3.12. The fourth-order valence-corrected chi connectivity index (χ4v) is 2.33. The van der Waals surface area contributed by atoms with Crippen molar-refractivity contribution in [2.45, 2.75) is 13.8 Å². The summed E-state index contributed by atoms with van der Waals surface area (Å²) in [5, 5.41) is 0. The average molecular weight is 321 g/mol. The summed E-state index contributed by atoms with van der Waals surface area (Å²) in [6.07, 6.45) is 5.62. The second-order valence-corrected chi connectivity index (χ2v) is 5.05. The van der Waals surface area contributed by atoms with Gasteiger partial charge in [-0.1, -0.05) is 34.7 Å². The maximum atomic E-state index is 11.4. The maximum Gasteiger partial charge on any atom is 0.337 e. The van der Waals surface area contributed by atoms with Gasteiger partial charge in [0.15, 0.2) is 0 Å². The lowest BCUT2D eigenvalue weighted by atomic mass is 9.99. The second kappa shape index (κ2) is 7.10. The van der Waals surface area contributed by atoms with Gasteiger partial charge >= 0.3 is 5.97 Å². The summed E-state index contributed by atoms with van der Waals surface area (Å²) in [5.74, 6) is -0.316. The van der Waals surface area contributed by atoms with Crippen molar-refractivity contribution in [3.8, 4) is 0 Å². The molecule has 19 heavy (non-hydrogen) atoms. The number of esters is 1. The molecule has 0 aliphatic carbocycles. The number of carbonyl (C=O) groups is 1. The number of carbonyl (C=O) groups excluding carboxylic acids is 1. The molecular formula is C16H17BrO2. The molecule has 0 N–H and O–H groups in total. The molecule has 1 aromatic rings. The summed E-state index contributed by atoms with van der Waals surface area (Å²) in [4.78, 5) is 11.4. The first-order valence-corrected chi connectivity index (χ1v) is 6.64. The highest BCUT2D eigenvalue weighted by Gasteiger charge is 2.08. The Hall–Kier alpha value is -1.61. The van der Waals surface area contributed by atoms with Crippen LogP contribution in [0.4, 0.5) is 0 Å². The number of methoxy groups -OCH3 is 1. The first-order chi connectivity index (χ1) is 8.99. The molecule has 0 bridgehead atoms. The van der Waals surface area contributed by atoms with Gasteiger partial charge in [0.05, 0.1) is 12.7 Å². The summed E-state index contributed by atoms with van der Waals surface area (Å²) in [7, 11) is 1.38. The average Bonchev–Trinajstić information content (AvgIpc) is 2.37. The monoisotopic (exact) mass is 320 g/mol. The number of halogens is 1. The zero-order valence-corrected chi connectivity index (χ0v) is 13.0. The molecule has 0 aromatic heterocycles. The molecule has 1 aromatic carbocycles. The molecule has 3 heteroatoms. The van der Waals surface area contributed by atoms with Crippen LogP contribution in [0, 0.1) is 6.92 Å². The normalized spacial score (nSPS) is 12.2. The van der Waals surface area contributed by atoms with Crippen molar-refractivity contribution in [3.05, 3.63) is 64.2 Å². The van der Waals surface area contributed by atoms with Gasteiger partial charge in [0.25, 0.3) is 0 Å². The molecule has 0 saturated heterocycles. The van der Waals surface area contributed by atoms with E-state index in [1.807, 2.05) is 38.1 Å². The highest BCUT2D eigenvalue weighted by molar-refractivity contribution is 9.11. The van der Waals surface area contributed by atoms with Gasteiger partial charge in [-0.3, -0.25) is 0 Å². The van der Waals surface area contributed by atoms with Gasteiger partial charge in [-0.25, -0.2) is 4.79 Å². The molecule has 100 valence electrons.